The van der Waals surface area contributed by atoms with E-state index in [0.29, 0.717) is 4.47 Å². The molecule has 78 valence electrons. The van der Waals surface area contributed by atoms with Crippen LogP contribution in [-0.4, -0.2) is 14.9 Å². The molecule has 0 amide bonds. The maximum absolute atomic E-state index is 13.0. The van der Waals surface area contributed by atoms with Crippen LogP contribution in [0.1, 0.15) is 5.56 Å². The fourth-order valence-corrected chi connectivity index (χ4v) is 1.58. The van der Waals surface area contributed by atoms with Gasteiger partial charge in [0.05, 0.1) is 23.0 Å². The Labute approximate surface area is 94.3 Å². The first-order chi connectivity index (χ1) is 7.20. The predicted octanol–water partition coefficient (Wildman–Crippen LogP) is 2.27. The topological polar surface area (TPSA) is 38.1 Å². The van der Waals surface area contributed by atoms with Gasteiger partial charge in [-0.05, 0) is 34.1 Å². The lowest BCUT2D eigenvalue weighted by Crippen LogP contribution is -1.94. The molecule has 2 rings (SSSR count). The quantitative estimate of drug-likeness (QED) is 0.909. The fraction of sp³-hybridized carbons (Fsp3) is 0.100. The molecule has 0 fully saturated rings. The number of aromatic nitrogens is 2. The number of benzene rings is 1. The second-order valence-corrected chi connectivity index (χ2v) is 3.90. The molecule has 3 nitrogen and oxygen atoms in total. The summed E-state index contributed by atoms with van der Waals surface area (Å²) in [6, 6.07) is 4.61. The second kappa shape index (κ2) is 4.12. The minimum absolute atomic E-state index is 0.0532. The van der Waals surface area contributed by atoms with E-state index in [4.69, 9.17) is 5.11 Å². The monoisotopic (exact) mass is 270 g/mol. The number of hydrogen-bond donors (Lipinski definition) is 1. The molecule has 0 unspecified atom stereocenters. The molecule has 0 radical (unpaired) electrons. The molecule has 0 aliphatic heterocycles. The summed E-state index contributed by atoms with van der Waals surface area (Å²) in [7, 11) is 0. The summed E-state index contributed by atoms with van der Waals surface area (Å²) in [5.74, 6) is -0.312. The Kier molecular flexibility index (Phi) is 2.83. The molecule has 0 bridgehead atoms. The average molecular weight is 271 g/mol. The van der Waals surface area contributed by atoms with Crippen LogP contribution in [0.5, 0.6) is 0 Å². The van der Waals surface area contributed by atoms with Crippen molar-refractivity contribution in [2.75, 3.05) is 0 Å². The zero-order valence-electron chi connectivity index (χ0n) is 7.69. The summed E-state index contributed by atoms with van der Waals surface area (Å²) in [6.07, 6.45) is 3.26. The van der Waals surface area contributed by atoms with Crippen molar-refractivity contribution < 1.29 is 9.50 Å². The van der Waals surface area contributed by atoms with Crippen LogP contribution in [0.25, 0.3) is 5.69 Å². The van der Waals surface area contributed by atoms with Crippen molar-refractivity contribution in [1.29, 1.82) is 0 Å². The maximum atomic E-state index is 13.0. The van der Waals surface area contributed by atoms with Gasteiger partial charge in [0, 0.05) is 11.8 Å². The summed E-state index contributed by atoms with van der Waals surface area (Å²) in [4.78, 5) is 0. The first-order valence-electron chi connectivity index (χ1n) is 4.30. The van der Waals surface area contributed by atoms with Crippen LogP contribution < -0.4 is 0 Å². The van der Waals surface area contributed by atoms with Gasteiger partial charge in [-0.15, -0.1) is 0 Å². The van der Waals surface area contributed by atoms with Gasteiger partial charge >= 0.3 is 0 Å². The highest BCUT2D eigenvalue weighted by Gasteiger charge is 2.03. The molecule has 1 aromatic carbocycles. The molecule has 0 spiro atoms. The zero-order valence-corrected chi connectivity index (χ0v) is 9.28. The molecule has 2 aromatic rings. The lowest BCUT2D eigenvalue weighted by molar-refractivity contribution is 0.282. The summed E-state index contributed by atoms with van der Waals surface area (Å²) in [5, 5.41) is 12.9. The van der Waals surface area contributed by atoms with E-state index in [2.05, 4.69) is 21.0 Å². The number of aliphatic hydroxyl groups excluding tert-OH is 1. The van der Waals surface area contributed by atoms with E-state index in [1.54, 1.807) is 29.2 Å². The third-order valence-corrected chi connectivity index (χ3v) is 2.59. The van der Waals surface area contributed by atoms with Crippen molar-refractivity contribution in [3.63, 3.8) is 0 Å². The van der Waals surface area contributed by atoms with E-state index in [0.717, 1.165) is 11.3 Å². The molecule has 1 heterocycles. The van der Waals surface area contributed by atoms with Gasteiger partial charge in [0.1, 0.15) is 5.82 Å². The smallest absolute Gasteiger partial charge is 0.137 e. The molecule has 0 saturated carbocycles. The molecule has 0 aliphatic carbocycles. The number of hydrogen-bond acceptors (Lipinski definition) is 2. The highest BCUT2D eigenvalue weighted by Crippen LogP contribution is 2.19. The Bertz CT molecular complexity index is 484. The van der Waals surface area contributed by atoms with Gasteiger partial charge in [-0.1, -0.05) is 0 Å². The van der Waals surface area contributed by atoms with Gasteiger partial charge in [0.2, 0.25) is 0 Å². The largest absolute Gasteiger partial charge is 0.392 e. The van der Waals surface area contributed by atoms with E-state index < -0.39 is 0 Å². The predicted molar refractivity (Wildman–Crippen MR) is 57.1 cm³/mol. The van der Waals surface area contributed by atoms with E-state index >= 15 is 0 Å². The summed E-state index contributed by atoms with van der Waals surface area (Å²) in [5.41, 5.74) is 1.46. The van der Waals surface area contributed by atoms with Crippen LogP contribution in [0.2, 0.25) is 0 Å². The minimum atomic E-state index is -0.312. The average Bonchev–Trinajstić information content (AvgIpc) is 2.70. The van der Waals surface area contributed by atoms with E-state index in [9.17, 15) is 4.39 Å². The van der Waals surface area contributed by atoms with E-state index in [1.165, 1.54) is 6.07 Å². The number of halogens is 2. The lowest BCUT2D eigenvalue weighted by atomic mass is 10.3. The third-order valence-electron chi connectivity index (χ3n) is 1.99. The first kappa shape index (κ1) is 10.3. The van der Waals surface area contributed by atoms with E-state index in [-0.39, 0.29) is 12.4 Å². The molecule has 0 aliphatic rings. The van der Waals surface area contributed by atoms with Gasteiger partial charge < -0.3 is 5.11 Å². The van der Waals surface area contributed by atoms with Gasteiger partial charge in [-0.2, -0.15) is 5.10 Å². The summed E-state index contributed by atoms with van der Waals surface area (Å²) >= 11 is 3.10. The maximum Gasteiger partial charge on any atom is 0.137 e. The molecular weight excluding hydrogens is 263 g/mol. The van der Waals surface area contributed by atoms with Crippen LogP contribution in [0, 0.1) is 5.82 Å². The standard InChI is InChI=1S/C10H8BrFN2O/c11-9-3-8(1-2-10(9)12)14-5-7(6-15)4-13-14/h1-5,15H,6H2. The van der Waals surface area contributed by atoms with Gasteiger partial charge in [-0.25, -0.2) is 9.07 Å². The molecule has 1 aromatic heterocycles. The Morgan fingerprint density at radius 3 is 2.87 bits per heavy atom. The summed E-state index contributed by atoms with van der Waals surface area (Å²) < 4.78 is 14.9. The Balaban J connectivity index is 2.40. The Morgan fingerprint density at radius 1 is 1.47 bits per heavy atom. The number of aliphatic hydroxyl groups is 1. The van der Waals surface area contributed by atoms with Crippen molar-refractivity contribution >= 4 is 15.9 Å². The van der Waals surface area contributed by atoms with Crippen molar-refractivity contribution in [2.45, 2.75) is 6.61 Å². The van der Waals surface area contributed by atoms with Crippen LogP contribution in [0.15, 0.2) is 35.1 Å². The van der Waals surface area contributed by atoms with Crippen LogP contribution in [0.3, 0.4) is 0 Å². The number of rotatable bonds is 2. The van der Waals surface area contributed by atoms with E-state index in [1.807, 2.05) is 0 Å². The number of nitrogens with zero attached hydrogens (tertiary/aromatic N) is 2. The molecule has 5 heteroatoms. The molecule has 0 atom stereocenters. The SMILES string of the molecule is OCc1cnn(-c2ccc(F)c(Br)c2)c1. The molecular formula is C10H8BrFN2O. The second-order valence-electron chi connectivity index (χ2n) is 3.05. The zero-order chi connectivity index (χ0) is 10.8. The lowest BCUT2D eigenvalue weighted by Gasteiger charge is -2.02. The normalized spacial score (nSPS) is 10.6. The summed E-state index contributed by atoms with van der Waals surface area (Å²) in [6.45, 7) is -0.0532. The Morgan fingerprint density at radius 2 is 2.27 bits per heavy atom. The highest BCUT2D eigenvalue weighted by molar-refractivity contribution is 9.10. The first-order valence-corrected chi connectivity index (χ1v) is 5.10. The fourth-order valence-electron chi connectivity index (χ4n) is 1.21. The third kappa shape index (κ3) is 2.08. The van der Waals surface area contributed by atoms with Crippen LogP contribution in [0.4, 0.5) is 4.39 Å². The van der Waals surface area contributed by atoms with Crippen LogP contribution >= 0.6 is 15.9 Å². The van der Waals surface area contributed by atoms with Crippen LogP contribution in [-0.2, 0) is 6.61 Å². The van der Waals surface area contributed by atoms with Crippen molar-refractivity contribution in [3.8, 4) is 5.69 Å². The van der Waals surface area contributed by atoms with Gasteiger partial charge in [-0.3, -0.25) is 0 Å². The molecule has 0 saturated heterocycles. The Hall–Kier alpha value is -1.20. The van der Waals surface area contributed by atoms with Gasteiger partial charge in [0.25, 0.3) is 0 Å². The van der Waals surface area contributed by atoms with Crippen molar-refractivity contribution in [1.82, 2.24) is 9.78 Å². The minimum Gasteiger partial charge on any atom is -0.392 e. The molecule has 1 N–H and O–H groups in total. The molecule has 15 heavy (non-hydrogen) atoms. The highest BCUT2D eigenvalue weighted by atomic mass is 79.9. The van der Waals surface area contributed by atoms with Crippen molar-refractivity contribution in [2.24, 2.45) is 0 Å². The van der Waals surface area contributed by atoms with Crippen molar-refractivity contribution in [3.05, 3.63) is 46.4 Å². The van der Waals surface area contributed by atoms with Gasteiger partial charge in [0.15, 0.2) is 0 Å².